The fourth-order valence-corrected chi connectivity index (χ4v) is 2.86. The number of anilines is 2. The lowest BCUT2D eigenvalue weighted by Gasteiger charge is -2.34. The van der Waals surface area contributed by atoms with Crippen LogP contribution in [0.3, 0.4) is 0 Å². The molecular weight excluding hydrogens is 248 g/mol. The van der Waals surface area contributed by atoms with E-state index in [1.165, 1.54) is 0 Å². The van der Waals surface area contributed by atoms with Gasteiger partial charge >= 0.3 is 0 Å². The van der Waals surface area contributed by atoms with Gasteiger partial charge < -0.3 is 16.4 Å². The van der Waals surface area contributed by atoms with Gasteiger partial charge in [0, 0.05) is 36.6 Å². The van der Waals surface area contributed by atoms with Crippen LogP contribution in [0.1, 0.15) is 12.8 Å². The Morgan fingerprint density at radius 3 is 2.70 bits per heavy atom. The second kappa shape index (κ2) is 5.51. The first-order valence-corrected chi connectivity index (χ1v) is 7.06. The van der Waals surface area contributed by atoms with E-state index >= 15 is 0 Å². The Labute approximate surface area is 119 Å². The predicted octanol–water partition coefficient (Wildman–Crippen LogP) is 2.26. The molecule has 1 saturated heterocycles. The summed E-state index contributed by atoms with van der Waals surface area (Å²) in [6.07, 6.45) is 3.99. The highest BCUT2D eigenvalue weighted by atomic mass is 15.2. The lowest BCUT2D eigenvalue weighted by atomic mass is 10.0. The molecule has 2 aromatic rings. The van der Waals surface area contributed by atoms with Crippen LogP contribution in [0.5, 0.6) is 0 Å². The Kier molecular flexibility index (Phi) is 3.56. The highest BCUT2D eigenvalue weighted by Gasteiger charge is 2.21. The number of nitrogens with two attached hydrogens (primary N) is 2. The van der Waals surface area contributed by atoms with Gasteiger partial charge in [-0.25, -0.2) is 4.98 Å². The second-order valence-electron chi connectivity index (χ2n) is 5.30. The monoisotopic (exact) mass is 268 g/mol. The van der Waals surface area contributed by atoms with E-state index in [2.05, 4.69) is 22.0 Å². The molecule has 1 aliphatic heterocycles. The molecule has 1 unspecified atom stereocenters. The minimum absolute atomic E-state index is 0.238. The molecule has 0 spiro atoms. The van der Waals surface area contributed by atoms with E-state index in [4.69, 9.17) is 11.5 Å². The molecule has 1 aromatic carbocycles. The van der Waals surface area contributed by atoms with Crippen molar-refractivity contribution in [2.24, 2.45) is 5.73 Å². The Balaban J connectivity index is 2.05. The Morgan fingerprint density at radius 2 is 1.95 bits per heavy atom. The molecule has 4 heteroatoms. The first-order valence-electron chi connectivity index (χ1n) is 7.06. The first-order chi connectivity index (χ1) is 9.75. The Bertz CT molecular complexity index is 582. The van der Waals surface area contributed by atoms with E-state index in [0.717, 1.165) is 42.7 Å². The maximum atomic E-state index is 6.13. The van der Waals surface area contributed by atoms with Crippen molar-refractivity contribution >= 4 is 11.5 Å². The number of aromatic nitrogens is 1. The largest absolute Gasteiger partial charge is 0.383 e. The summed E-state index contributed by atoms with van der Waals surface area (Å²) in [5.41, 5.74) is 15.5. The molecule has 0 aliphatic carbocycles. The lowest BCUT2D eigenvalue weighted by molar-refractivity contribution is 0.506. The average Bonchev–Trinajstić information content (AvgIpc) is 2.48. The van der Waals surface area contributed by atoms with Gasteiger partial charge in [-0.2, -0.15) is 0 Å². The van der Waals surface area contributed by atoms with Gasteiger partial charge in [0.15, 0.2) is 0 Å². The first kappa shape index (κ1) is 12.9. The van der Waals surface area contributed by atoms with E-state index in [9.17, 15) is 0 Å². The molecule has 4 N–H and O–H groups in total. The van der Waals surface area contributed by atoms with Crippen LogP contribution in [0.25, 0.3) is 11.1 Å². The molecule has 3 rings (SSSR count). The average molecular weight is 268 g/mol. The SMILES string of the molecule is Nc1nccc(N2CCCC(N)C2)c1-c1ccccc1. The smallest absolute Gasteiger partial charge is 0.133 e. The summed E-state index contributed by atoms with van der Waals surface area (Å²) in [5, 5.41) is 0. The third-order valence-corrected chi connectivity index (χ3v) is 3.82. The summed E-state index contributed by atoms with van der Waals surface area (Å²) >= 11 is 0. The van der Waals surface area contributed by atoms with E-state index in [0.29, 0.717) is 5.82 Å². The summed E-state index contributed by atoms with van der Waals surface area (Å²) in [7, 11) is 0. The van der Waals surface area contributed by atoms with Crippen LogP contribution in [0.15, 0.2) is 42.6 Å². The van der Waals surface area contributed by atoms with Gasteiger partial charge in [-0.05, 0) is 24.5 Å². The quantitative estimate of drug-likeness (QED) is 0.876. The van der Waals surface area contributed by atoms with Gasteiger partial charge in [0.1, 0.15) is 5.82 Å². The van der Waals surface area contributed by atoms with Crippen molar-refractivity contribution < 1.29 is 0 Å². The molecule has 1 aliphatic rings. The molecule has 1 aromatic heterocycles. The molecule has 0 radical (unpaired) electrons. The number of nitrogens with zero attached hydrogens (tertiary/aromatic N) is 2. The minimum atomic E-state index is 0.238. The lowest BCUT2D eigenvalue weighted by Crippen LogP contribution is -2.43. The fraction of sp³-hybridized carbons (Fsp3) is 0.312. The van der Waals surface area contributed by atoms with Gasteiger partial charge in [-0.3, -0.25) is 0 Å². The van der Waals surface area contributed by atoms with Crippen molar-refractivity contribution in [3.63, 3.8) is 0 Å². The summed E-state index contributed by atoms with van der Waals surface area (Å²) in [6.45, 7) is 1.90. The number of nitrogen functional groups attached to an aromatic ring is 1. The topological polar surface area (TPSA) is 68.2 Å². The summed E-state index contributed by atoms with van der Waals surface area (Å²) in [5.74, 6) is 0.577. The van der Waals surface area contributed by atoms with Crippen molar-refractivity contribution in [1.82, 2.24) is 4.98 Å². The highest BCUT2D eigenvalue weighted by molar-refractivity contribution is 5.86. The van der Waals surface area contributed by atoms with Crippen LogP contribution < -0.4 is 16.4 Å². The van der Waals surface area contributed by atoms with Crippen molar-refractivity contribution in [2.75, 3.05) is 23.7 Å². The van der Waals surface area contributed by atoms with Gasteiger partial charge in [0.05, 0.1) is 0 Å². The van der Waals surface area contributed by atoms with Crippen LogP contribution in [0.4, 0.5) is 11.5 Å². The van der Waals surface area contributed by atoms with Crippen molar-refractivity contribution in [3.8, 4) is 11.1 Å². The molecule has 0 saturated carbocycles. The van der Waals surface area contributed by atoms with Gasteiger partial charge in [-0.15, -0.1) is 0 Å². The Hall–Kier alpha value is -2.07. The number of piperidine rings is 1. The summed E-state index contributed by atoms with van der Waals surface area (Å²) < 4.78 is 0. The molecule has 4 nitrogen and oxygen atoms in total. The van der Waals surface area contributed by atoms with Crippen molar-refractivity contribution in [2.45, 2.75) is 18.9 Å². The maximum absolute atomic E-state index is 6.13. The van der Waals surface area contributed by atoms with Crippen molar-refractivity contribution in [1.29, 1.82) is 0 Å². The summed E-state index contributed by atoms with van der Waals surface area (Å²) in [4.78, 5) is 6.58. The zero-order chi connectivity index (χ0) is 13.9. The van der Waals surface area contributed by atoms with E-state index < -0.39 is 0 Å². The molecule has 1 fully saturated rings. The molecule has 20 heavy (non-hydrogen) atoms. The number of hydrogen-bond acceptors (Lipinski definition) is 4. The van der Waals surface area contributed by atoms with Crippen LogP contribution in [-0.4, -0.2) is 24.1 Å². The normalized spacial score (nSPS) is 19.1. The van der Waals surface area contributed by atoms with Crippen LogP contribution in [-0.2, 0) is 0 Å². The highest BCUT2D eigenvalue weighted by Crippen LogP contribution is 2.35. The van der Waals surface area contributed by atoms with Crippen LogP contribution >= 0.6 is 0 Å². The van der Waals surface area contributed by atoms with Gasteiger partial charge in [0.25, 0.3) is 0 Å². The maximum Gasteiger partial charge on any atom is 0.133 e. The number of hydrogen-bond donors (Lipinski definition) is 2. The zero-order valence-corrected chi connectivity index (χ0v) is 11.5. The van der Waals surface area contributed by atoms with Gasteiger partial charge in [-0.1, -0.05) is 30.3 Å². The van der Waals surface area contributed by atoms with E-state index in [1.807, 2.05) is 24.3 Å². The number of rotatable bonds is 2. The summed E-state index contributed by atoms with van der Waals surface area (Å²) in [6, 6.07) is 12.5. The Morgan fingerprint density at radius 1 is 1.15 bits per heavy atom. The van der Waals surface area contributed by atoms with Gasteiger partial charge in [0.2, 0.25) is 0 Å². The standard InChI is InChI=1S/C16H20N4/c17-13-7-4-10-20(11-13)14-8-9-19-16(18)15(14)12-5-2-1-3-6-12/h1-3,5-6,8-9,13H,4,7,10-11,17H2,(H2,18,19). The van der Waals surface area contributed by atoms with Crippen molar-refractivity contribution in [3.05, 3.63) is 42.6 Å². The van der Waals surface area contributed by atoms with E-state index in [-0.39, 0.29) is 6.04 Å². The fourth-order valence-electron chi connectivity index (χ4n) is 2.86. The third kappa shape index (κ3) is 2.47. The molecule has 0 bridgehead atoms. The molecular formula is C16H20N4. The molecule has 2 heterocycles. The minimum Gasteiger partial charge on any atom is -0.383 e. The predicted molar refractivity (Wildman–Crippen MR) is 83.5 cm³/mol. The molecule has 1 atom stereocenters. The third-order valence-electron chi connectivity index (χ3n) is 3.82. The second-order valence-corrected chi connectivity index (χ2v) is 5.30. The van der Waals surface area contributed by atoms with Crippen LogP contribution in [0.2, 0.25) is 0 Å². The molecule has 104 valence electrons. The van der Waals surface area contributed by atoms with E-state index in [1.54, 1.807) is 6.20 Å². The number of pyridine rings is 1. The molecule has 0 amide bonds. The number of benzene rings is 1. The zero-order valence-electron chi connectivity index (χ0n) is 11.5. The van der Waals surface area contributed by atoms with Crippen LogP contribution in [0, 0.1) is 0 Å².